The molecule has 0 saturated carbocycles. The molecule has 4 aromatic rings. The van der Waals surface area contributed by atoms with E-state index in [1.165, 1.54) is 0 Å². The van der Waals surface area contributed by atoms with Gasteiger partial charge in [0.2, 0.25) is 6.20 Å². The van der Waals surface area contributed by atoms with Crippen molar-refractivity contribution in [3.8, 4) is 11.3 Å². The number of amides is 1. The lowest BCUT2D eigenvalue weighted by Gasteiger charge is -2.17. The van der Waals surface area contributed by atoms with Crippen LogP contribution in [-0.4, -0.2) is 16.1 Å². The standard InChI is InChI=1S/C28H24N4O3/c1-15-11-25(29)31-16(2)23(15)14-30-28(33)18-7-9-20-22(13-18)27-21-12-17(6-8-19(21)26(20)35-27)24-5-3-4-10-32(24)34/h3-13,26-27H,14H2,1-2H3,(H3-,29,30,31,33,34)/p+1/t26-,27+/m0/s1. The third-order valence-corrected chi connectivity index (χ3v) is 6.97. The molecule has 174 valence electrons. The zero-order chi connectivity index (χ0) is 24.3. The van der Waals surface area contributed by atoms with Gasteiger partial charge in [-0.15, -0.1) is 0 Å². The van der Waals surface area contributed by atoms with Gasteiger partial charge in [-0.05, 0) is 83.6 Å². The number of aromatic nitrogens is 2. The highest BCUT2D eigenvalue weighted by molar-refractivity contribution is 5.94. The SMILES string of the molecule is Cc1cc(N)nc(C)c1CNC(=O)c1ccc2c(c1)[C@@H]1O[C@H]2c2ccc(-c3cccc[n+]3O)cc21. The molecule has 0 saturated heterocycles. The van der Waals surface area contributed by atoms with Gasteiger partial charge in [-0.25, -0.2) is 4.98 Å². The second-order valence-electron chi connectivity index (χ2n) is 9.12. The lowest BCUT2D eigenvalue weighted by atomic mass is 9.84. The largest absolute Gasteiger partial charge is 0.384 e. The van der Waals surface area contributed by atoms with Crippen molar-refractivity contribution in [2.45, 2.75) is 32.6 Å². The van der Waals surface area contributed by atoms with E-state index in [0.717, 1.165) is 49.4 Å². The predicted octanol–water partition coefficient (Wildman–Crippen LogP) is 3.92. The summed E-state index contributed by atoms with van der Waals surface area (Å²) >= 11 is 0. The topological polar surface area (TPSA) is 101 Å². The minimum atomic E-state index is -0.237. The van der Waals surface area contributed by atoms with Gasteiger partial charge in [0.05, 0.1) is 5.56 Å². The lowest BCUT2D eigenvalue weighted by molar-refractivity contribution is -0.896. The number of carbonyl (C=O) groups is 1. The van der Waals surface area contributed by atoms with E-state index in [1.807, 2.05) is 56.3 Å². The van der Waals surface area contributed by atoms with Crippen LogP contribution in [-0.2, 0) is 11.3 Å². The van der Waals surface area contributed by atoms with E-state index in [2.05, 4.69) is 22.4 Å². The van der Waals surface area contributed by atoms with Crippen molar-refractivity contribution < 1.29 is 19.5 Å². The molecule has 0 radical (unpaired) electrons. The molecule has 0 unspecified atom stereocenters. The average Bonchev–Trinajstić information content (AvgIpc) is 3.40. The molecule has 35 heavy (non-hydrogen) atoms. The highest BCUT2D eigenvalue weighted by atomic mass is 16.5. The summed E-state index contributed by atoms with van der Waals surface area (Å²) in [5.41, 5.74) is 15.1. The van der Waals surface area contributed by atoms with E-state index in [4.69, 9.17) is 10.5 Å². The van der Waals surface area contributed by atoms with Crippen molar-refractivity contribution in [1.82, 2.24) is 10.3 Å². The van der Waals surface area contributed by atoms with Crippen molar-refractivity contribution in [3.63, 3.8) is 0 Å². The highest BCUT2D eigenvalue weighted by Gasteiger charge is 2.43. The molecule has 7 nitrogen and oxygen atoms in total. The quantitative estimate of drug-likeness (QED) is 0.313. The second kappa shape index (κ2) is 7.92. The maximum atomic E-state index is 13.0. The van der Waals surface area contributed by atoms with Crippen LogP contribution in [0.2, 0.25) is 0 Å². The zero-order valence-corrected chi connectivity index (χ0v) is 19.4. The maximum absolute atomic E-state index is 13.0. The van der Waals surface area contributed by atoms with Gasteiger partial charge >= 0.3 is 0 Å². The summed E-state index contributed by atoms with van der Waals surface area (Å²) in [6.07, 6.45) is 1.23. The number of rotatable bonds is 4. The number of hydrogen-bond acceptors (Lipinski definition) is 5. The summed E-state index contributed by atoms with van der Waals surface area (Å²) in [5, 5.41) is 13.2. The van der Waals surface area contributed by atoms with Gasteiger partial charge in [-0.3, -0.25) is 10.0 Å². The van der Waals surface area contributed by atoms with Crippen LogP contribution in [0.5, 0.6) is 0 Å². The van der Waals surface area contributed by atoms with Crippen LogP contribution in [0.25, 0.3) is 11.3 Å². The Morgan fingerprint density at radius 1 is 1.03 bits per heavy atom. The molecule has 6 rings (SSSR count). The Morgan fingerprint density at radius 3 is 2.54 bits per heavy atom. The molecule has 2 aliphatic rings. The number of carbonyl (C=O) groups excluding carboxylic acids is 1. The van der Waals surface area contributed by atoms with Crippen molar-refractivity contribution >= 4 is 11.7 Å². The van der Waals surface area contributed by atoms with Gasteiger partial charge in [-0.1, -0.05) is 12.1 Å². The van der Waals surface area contributed by atoms with Gasteiger partial charge < -0.3 is 15.8 Å². The molecule has 7 heteroatoms. The Kier molecular flexibility index (Phi) is 4.82. The summed E-state index contributed by atoms with van der Waals surface area (Å²) in [6, 6.07) is 19.3. The lowest BCUT2D eigenvalue weighted by Crippen LogP contribution is -2.31. The molecule has 4 N–H and O–H groups in total. The number of anilines is 1. The smallest absolute Gasteiger partial charge is 0.264 e. The number of nitrogens with two attached hydrogens (primary N) is 1. The normalized spacial score (nSPS) is 17.2. The number of nitrogens with zero attached hydrogens (tertiary/aromatic N) is 2. The van der Waals surface area contributed by atoms with Gasteiger partial charge in [0, 0.05) is 34.7 Å². The Balaban J connectivity index is 1.27. The van der Waals surface area contributed by atoms with E-state index < -0.39 is 0 Å². The Hall–Kier alpha value is -4.23. The van der Waals surface area contributed by atoms with Crippen molar-refractivity contribution in [2.24, 2.45) is 0 Å². The molecule has 2 bridgehead atoms. The third kappa shape index (κ3) is 3.43. The zero-order valence-electron chi connectivity index (χ0n) is 19.4. The first-order valence-electron chi connectivity index (χ1n) is 11.5. The van der Waals surface area contributed by atoms with Crippen LogP contribution in [0.15, 0.2) is 66.9 Å². The molecule has 2 aromatic heterocycles. The first-order valence-corrected chi connectivity index (χ1v) is 11.5. The van der Waals surface area contributed by atoms with Gasteiger partial charge in [0.1, 0.15) is 18.0 Å². The van der Waals surface area contributed by atoms with Crippen LogP contribution in [0.4, 0.5) is 5.82 Å². The molecule has 4 heterocycles. The fraction of sp³-hybridized carbons (Fsp3) is 0.179. The molecular weight excluding hydrogens is 440 g/mol. The summed E-state index contributed by atoms with van der Waals surface area (Å²) in [4.78, 5) is 17.3. The molecule has 2 atom stereocenters. The first-order chi connectivity index (χ1) is 16.9. The molecule has 1 amide bonds. The number of ether oxygens (including phenoxy) is 1. The number of nitrogen functional groups attached to an aromatic ring is 1. The predicted molar refractivity (Wildman–Crippen MR) is 130 cm³/mol. The van der Waals surface area contributed by atoms with Crippen LogP contribution in [0.3, 0.4) is 0 Å². The maximum Gasteiger partial charge on any atom is 0.264 e. The Bertz CT molecular complexity index is 1490. The van der Waals surface area contributed by atoms with Crippen molar-refractivity contribution in [3.05, 3.63) is 111 Å². The number of pyridine rings is 2. The average molecular weight is 466 g/mol. The van der Waals surface area contributed by atoms with E-state index in [-0.39, 0.29) is 18.1 Å². The van der Waals surface area contributed by atoms with Crippen LogP contribution < -0.4 is 15.8 Å². The van der Waals surface area contributed by atoms with Crippen LogP contribution in [0, 0.1) is 13.8 Å². The number of hydrogen-bond donors (Lipinski definition) is 3. The molecular formula is C28H25N4O3+. The van der Waals surface area contributed by atoms with Gasteiger partial charge in [0.15, 0.2) is 0 Å². The van der Waals surface area contributed by atoms with E-state index >= 15 is 0 Å². The summed E-state index contributed by atoms with van der Waals surface area (Å²) < 4.78 is 7.44. The molecule has 0 spiro atoms. The van der Waals surface area contributed by atoms with Gasteiger partial charge in [0.25, 0.3) is 11.6 Å². The minimum absolute atomic E-state index is 0.140. The van der Waals surface area contributed by atoms with E-state index in [1.54, 1.807) is 12.3 Å². The highest BCUT2D eigenvalue weighted by Crippen LogP contribution is 2.54. The summed E-state index contributed by atoms with van der Waals surface area (Å²) in [6.45, 7) is 4.25. The van der Waals surface area contributed by atoms with Crippen LogP contribution >= 0.6 is 0 Å². The first kappa shape index (κ1) is 21.3. The summed E-state index contributed by atoms with van der Waals surface area (Å²) in [7, 11) is 0. The number of fused-ring (bicyclic) bond motifs is 8. The third-order valence-electron chi connectivity index (χ3n) is 6.97. The van der Waals surface area contributed by atoms with Gasteiger partial charge in [-0.2, -0.15) is 0 Å². The number of aryl methyl sites for hydroxylation is 2. The molecule has 2 aliphatic heterocycles. The Morgan fingerprint density at radius 2 is 1.77 bits per heavy atom. The molecule has 0 aliphatic carbocycles. The monoisotopic (exact) mass is 465 g/mol. The molecule has 2 aromatic carbocycles. The fourth-order valence-corrected chi connectivity index (χ4v) is 5.23. The summed E-state index contributed by atoms with van der Waals surface area (Å²) in [5.74, 6) is 0.332. The van der Waals surface area contributed by atoms with Crippen molar-refractivity contribution in [1.29, 1.82) is 0 Å². The number of benzene rings is 2. The second-order valence-corrected chi connectivity index (χ2v) is 9.12. The van der Waals surface area contributed by atoms with Crippen LogP contribution in [0.1, 0.15) is 61.6 Å². The van der Waals surface area contributed by atoms with Crippen molar-refractivity contribution in [2.75, 3.05) is 5.73 Å². The van der Waals surface area contributed by atoms with E-state index in [0.29, 0.717) is 23.6 Å². The fourth-order valence-electron chi connectivity index (χ4n) is 5.23. The molecule has 0 fully saturated rings. The van der Waals surface area contributed by atoms with E-state index in [9.17, 15) is 10.0 Å². The minimum Gasteiger partial charge on any atom is -0.384 e. The Labute approximate surface area is 202 Å². The number of nitrogens with one attached hydrogen (secondary N) is 1.